The molecule has 0 saturated carbocycles. The van der Waals surface area contributed by atoms with E-state index in [-0.39, 0.29) is 12.5 Å². The molecule has 0 aliphatic heterocycles. The van der Waals surface area contributed by atoms with E-state index in [1.165, 1.54) is 289 Å². The van der Waals surface area contributed by atoms with Gasteiger partial charge in [0, 0.05) is 6.42 Å². The monoisotopic (exact) mass is 940 g/mol. The molecule has 0 spiro atoms. The van der Waals surface area contributed by atoms with Crippen molar-refractivity contribution in [3.8, 4) is 0 Å². The van der Waals surface area contributed by atoms with E-state index in [4.69, 9.17) is 0 Å². The van der Waals surface area contributed by atoms with Gasteiger partial charge in [0.25, 0.3) is 0 Å². The van der Waals surface area contributed by atoms with E-state index >= 15 is 0 Å². The summed E-state index contributed by atoms with van der Waals surface area (Å²) >= 11 is 0. The van der Waals surface area contributed by atoms with Crippen molar-refractivity contribution in [1.82, 2.24) is 5.32 Å². The largest absolute Gasteiger partial charge is 0.394 e. The molecule has 0 fully saturated rings. The fourth-order valence-corrected chi connectivity index (χ4v) is 9.68. The number of unbranched alkanes of at least 4 members (excludes halogenated alkanes) is 46. The first-order valence-electron chi connectivity index (χ1n) is 30.7. The molecule has 2 unspecified atom stereocenters. The third kappa shape index (κ3) is 55.4. The lowest BCUT2D eigenvalue weighted by atomic mass is 10.0. The van der Waals surface area contributed by atoms with Gasteiger partial charge in [-0.25, -0.2) is 0 Å². The Labute approximate surface area is 421 Å². The van der Waals surface area contributed by atoms with Gasteiger partial charge in [-0.2, -0.15) is 0 Å². The van der Waals surface area contributed by atoms with E-state index in [2.05, 4.69) is 43.5 Å². The Morgan fingerprint density at radius 1 is 0.358 bits per heavy atom. The quantitative estimate of drug-likeness (QED) is 0.0420. The molecule has 0 saturated heterocycles. The zero-order chi connectivity index (χ0) is 48.5. The van der Waals surface area contributed by atoms with Crippen molar-refractivity contribution in [3.05, 3.63) is 36.5 Å². The predicted molar refractivity (Wildman–Crippen MR) is 299 cm³/mol. The number of aliphatic hydroxyl groups excluding tert-OH is 2. The second-order valence-electron chi connectivity index (χ2n) is 21.1. The van der Waals surface area contributed by atoms with Gasteiger partial charge in [-0.05, 0) is 51.4 Å². The minimum atomic E-state index is -0.840. The van der Waals surface area contributed by atoms with Crippen molar-refractivity contribution >= 4 is 5.91 Å². The standard InChI is InChI=1S/C63H121NO3/c1-3-5-7-9-11-13-15-17-19-21-23-25-27-29-30-31-32-33-35-36-38-40-42-44-46-48-50-52-54-56-58-62(66)61(60-65)64-63(67)59-57-55-53-51-49-47-45-43-41-39-37-34-28-26-24-22-20-18-16-14-12-10-8-6-4-2/h16,18,22,24,56,58,61-62,65-66H,3-15,17,19-21,23,25-55,57,59-60H2,1-2H3,(H,64,67)/b18-16-,24-22-,58-56+. The molecule has 0 bridgehead atoms. The third-order valence-electron chi connectivity index (χ3n) is 14.4. The van der Waals surface area contributed by atoms with E-state index in [1.54, 1.807) is 6.08 Å². The highest BCUT2D eigenvalue weighted by Crippen LogP contribution is 2.18. The third-order valence-corrected chi connectivity index (χ3v) is 14.4. The molecule has 1 amide bonds. The number of carbonyl (C=O) groups is 1. The summed E-state index contributed by atoms with van der Waals surface area (Å²) in [7, 11) is 0. The SMILES string of the molecule is CCCCCCC/C=C\C/C=C\CCCCCCCCCCCCCCCC(=O)NC(CO)C(O)/C=C/CCCCCCCCCCCCCCCCCCCCCCCCCCCCCC. The molecule has 0 aromatic carbocycles. The zero-order valence-electron chi connectivity index (χ0n) is 45.7. The molecule has 0 aromatic heterocycles. The van der Waals surface area contributed by atoms with Crippen molar-refractivity contribution in [2.75, 3.05) is 6.61 Å². The van der Waals surface area contributed by atoms with Gasteiger partial charge in [-0.1, -0.05) is 320 Å². The zero-order valence-corrected chi connectivity index (χ0v) is 45.7. The van der Waals surface area contributed by atoms with Crippen LogP contribution in [0.15, 0.2) is 36.5 Å². The van der Waals surface area contributed by atoms with Gasteiger partial charge in [-0.15, -0.1) is 0 Å². The van der Waals surface area contributed by atoms with Crippen LogP contribution in [0.2, 0.25) is 0 Å². The first-order chi connectivity index (χ1) is 33.2. The molecule has 4 nitrogen and oxygen atoms in total. The summed E-state index contributed by atoms with van der Waals surface area (Å²) in [5.74, 6) is -0.0600. The number of allylic oxidation sites excluding steroid dienone is 5. The summed E-state index contributed by atoms with van der Waals surface area (Å²) < 4.78 is 0. The van der Waals surface area contributed by atoms with Crippen LogP contribution in [0.1, 0.15) is 341 Å². The molecule has 2 atom stereocenters. The number of amides is 1. The molecule has 0 aliphatic rings. The summed E-state index contributed by atoms with van der Waals surface area (Å²) in [6.07, 6.45) is 80.4. The van der Waals surface area contributed by atoms with Crippen LogP contribution in [-0.4, -0.2) is 34.9 Å². The molecule has 0 aliphatic carbocycles. The van der Waals surface area contributed by atoms with E-state index in [1.807, 2.05) is 6.08 Å². The maximum atomic E-state index is 12.5. The Morgan fingerprint density at radius 3 is 0.896 bits per heavy atom. The molecule has 0 aromatic rings. The maximum Gasteiger partial charge on any atom is 0.220 e. The predicted octanol–water partition coefficient (Wildman–Crippen LogP) is 20.4. The van der Waals surface area contributed by atoms with Gasteiger partial charge >= 0.3 is 0 Å². The minimum Gasteiger partial charge on any atom is -0.394 e. The lowest BCUT2D eigenvalue weighted by molar-refractivity contribution is -0.123. The van der Waals surface area contributed by atoms with Crippen molar-refractivity contribution in [1.29, 1.82) is 0 Å². The molecule has 4 heteroatoms. The number of aliphatic hydroxyl groups is 2. The fraction of sp³-hybridized carbons (Fsp3) is 0.889. The van der Waals surface area contributed by atoms with Crippen LogP contribution in [0.25, 0.3) is 0 Å². The van der Waals surface area contributed by atoms with Gasteiger partial charge in [-0.3, -0.25) is 4.79 Å². The number of hydrogen-bond acceptors (Lipinski definition) is 3. The van der Waals surface area contributed by atoms with Crippen molar-refractivity contribution in [2.45, 2.75) is 353 Å². The van der Waals surface area contributed by atoms with E-state index < -0.39 is 12.1 Å². The first-order valence-corrected chi connectivity index (χ1v) is 30.7. The van der Waals surface area contributed by atoms with E-state index in [9.17, 15) is 15.0 Å². The molecule has 0 radical (unpaired) electrons. The highest BCUT2D eigenvalue weighted by Gasteiger charge is 2.18. The van der Waals surface area contributed by atoms with Gasteiger partial charge < -0.3 is 15.5 Å². The second kappa shape index (κ2) is 58.9. The van der Waals surface area contributed by atoms with Crippen LogP contribution < -0.4 is 5.32 Å². The Hall–Kier alpha value is -1.39. The number of nitrogens with one attached hydrogen (secondary N) is 1. The summed E-state index contributed by atoms with van der Waals surface area (Å²) in [4.78, 5) is 12.5. The van der Waals surface area contributed by atoms with Gasteiger partial charge in [0.05, 0.1) is 18.8 Å². The van der Waals surface area contributed by atoms with Crippen molar-refractivity contribution in [3.63, 3.8) is 0 Å². The minimum absolute atomic E-state index is 0.0600. The molecule has 67 heavy (non-hydrogen) atoms. The summed E-state index contributed by atoms with van der Waals surface area (Å²) in [5.41, 5.74) is 0. The van der Waals surface area contributed by atoms with Crippen LogP contribution in [0.5, 0.6) is 0 Å². The molecule has 396 valence electrons. The number of rotatable bonds is 57. The Kier molecular flexibility index (Phi) is 57.7. The number of carbonyl (C=O) groups excluding carboxylic acids is 1. The molecular formula is C63H121NO3. The normalized spacial score (nSPS) is 13.0. The van der Waals surface area contributed by atoms with E-state index in [0.717, 1.165) is 32.1 Å². The van der Waals surface area contributed by atoms with Gasteiger partial charge in [0.2, 0.25) is 5.91 Å². The Morgan fingerprint density at radius 2 is 0.612 bits per heavy atom. The van der Waals surface area contributed by atoms with Gasteiger partial charge in [0.1, 0.15) is 0 Å². The molecular weight excluding hydrogens is 819 g/mol. The van der Waals surface area contributed by atoms with Crippen molar-refractivity contribution in [2.24, 2.45) is 0 Å². The second-order valence-corrected chi connectivity index (χ2v) is 21.1. The lowest BCUT2D eigenvalue weighted by Gasteiger charge is -2.20. The summed E-state index contributed by atoms with van der Waals surface area (Å²) in [5, 5.41) is 23.2. The number of hydrogen-bond donors (Lipinski definition) is 3. The lowest BCUT2D eigenvalue weighted by Crippen LogP contribution is -2.45. The van der Waals surface area contributed by atoms with Crippen LogP contribution in [0.3, 0.4) is 0 Å². The molecule has 3 N–H and O–H groups in total. The highest BCUT2D eigenvalue weighted by atomic mass is 16.3. The molecule has 0 heterocycles. The molecule has 0 rings (SSSR count). The highest BCUT2D eigenvalue weighted by molar-refractivity contribution is 5.76. The van der Waals surface area contributed by atoms with Crippen LogP contribution in [0.4, 0.5) is 0 Å². The average Bonchev–Trinajstić information content (AvgIpc) is 3.33. The Balaban J connectivity index is 3.45. The van der Waals surface area contributed by atoms with Gasteiger partial charge in [0.15, 0.2) is 0 Å². The van der Waals surface area contributed by atoms with E-state index in [0.29, 0.717) is 6.42 Å². The van der Waals surface area contributed by atoms with Crippen LogP contribution >= 0.6 is 0 Å². The Bertz CT molecular complexity index is 1020. The maximum absolute atomic E-state index is 12.5. The summed E-state index contributed by atoms with van der Waals surface area (Å²) in [6.45, 7) is 4.34. The van der Waals surface area contributed by atoms with Crippen molar-refractivity contribution < 1.29 is 15.0 Å². The topological polar surface area (TPSA) is 69.6 Å². The smallest absolute Gasteiger partial charge is 0.220 e. The average molecular weight is 941 g/mol. The fourth-order valence-electron chi connectivity index (χ4n) is 9.68. The first kappa shape index (κ1) is 65.6. The van der Waals surface area contributed by atoms with Crippen LogP contribution in [-0.2, 0) is 4.79 Å². The van der Waals surface area contributed by atoms with Crippen LogP contribution in [0, 0.1) is 0 Å². The summed E-state index contributed by atoms with van der Waals surface area (Å²) in [6, 6.07) is -0.623.